The van der Waals surface area contributed by atoms with Crippen LogP contribution in [0.5, 0.6) is 23.0 Å². The van der Waals surface area contributed by atoms with Gasteiger partial charge in [-0.05, 0) is 60.2 Å². The molecule has 0 fully saturated rings. The first-order valence-electron chi connectivity index (χ1n) is 9.84. The number of benzene rings is 2. The van der Waals surface area contributed by atoms with Crippen molar-refractivity contribution in [2.24, 2.45) is 0 Å². The zero-order chi connectivity index (χ0) is 18.9. The molecule has 0 aliphatic carbocycles. The maximum absolute atomic E-state index is 12.7. The van der Waals surface area contributed by atoms with E-state index in [1.165, 1.54) is 11.1 Å². The van der Waals surface area contributed by atoms with Gasteiger partial charge in [-0.3, -0.25) is 4.79 Å². The van der Waals surface area contributed by atoms with Crippen molar-refractivity contribution in [2.75, 3.05) is 26.6 Å². The van der Waals surface area contributed by atoms with Gasteiger partial charge in [0.1, 0.15) is 13.2 Å². The van der Waals surface area contributed by atoms with Gasteiger partial charge in [0.25, 0.3) is 0 Å². The first-order chi connectivity index (χ1) is 13.8. The molecule has 3 aliphatic rings. The van der Waals surface area contributed by atoms with E-state index in [9.17, 15) is 4.79 Å². The lowest BCUT2D eigenvalue weighted by Crippen LogP contribution is -2.35. The summed E-state index contributed by atoms with van der Waals surface area (Å²) in [5.74, 6) is 3.42. The van der Waals surface area contributed by atoms with Crippen molar-refractivity contribution in [1.82, 2.24) is 4.90 Å². The monoisotopic (exact) mass is 381 g/mol. The van der Waals surface area contributed by atoms with E-state index in [2.05, 4.69) is 12.1 Å². The summed E-state index contributed by atoms with van der Waals surface area (Å²) < 4.78 is 22.1. The number of hydrogen-bond donors (Lipinski definition) is 0. The van der Waals surface area contributed by atoms with E-state index in [0.717, 1.165) is 54.4 Å². The predicted molar refractivity (Wildman–Crippen MR) is 102 cm³/mol. The minimum atomic E-state index is 0.209. The largest absolute Gasteiger partial charge is 0.486 e. The fraction of sp³-hybridized carbons (Fsp3) is 0.409. The van der Waals surface area contributed by atoms with Gasteiger partial charge < -0.3 is 23.8 Å². The van der Waals surface area contributed by atoms with E-state index in [1.54, 1.807) is 0 Å². The Morgan fingerprint density at radius 3 is 2.50 bits per heavy atom. The average Bonchev–Trinajstić information content (AvgIpc) is 3.18. The van der Waals surface area contributed by atoms with Gasteiger partial charge in [0.05, 0.1) is 0 Å². The molecule has 3 aliphatic heterocycles. The van der Waals surface area contributed by atoms with Crippen LogP contribution < -0.4 is 18.9 Å². The average molecular weight is 381 g/mol. The van der Waals surface area contributed by atoms with Crippen molar-refractivity contribution in [3.8, 4) is 23.0 Å². The molecular formula is C22H23NO5. The maximum Gasteiger partial charge on any atom is 0.231 e. The van der Waals surface area contributed by atoms with Gasteiger partial charge in [-0.2, -0.15) is 0 Å². The molecule has 2 aromatic carbocycles. The third-order valence-electron chi connectivity index (χ3n) is 5.52. The smallest absolute Gasteiger partial charge is 0.231 e. The third-order valence-corrected chi connectivity index (χ3v) is 5.52. The highest BCUT2D eigenvalue weighted by Gasteiger charge is 2.24. The molecule has 0 spiro atoms. The molecule has 3 heterocycles. The molecule has 146 valence electrons. The zero-order valence-electron chi connectivity index (χ0n) is 15.7. The lowest BCUT2D eigenvalue weighted by atomic mass is 9.98. The van der Waals surface area contributed by atoms with Crippen molar-refractivity contribution in [2.45, 2.75) is 32.2 Å². The summed E-state index contributed by atoms with van der Waals surface area (Å²) in [5.41, 5.74) is 3.59. The minimum absolute atomic E-state index is 0.209. The van der Waals surface area contributed by atoms with Gasteiger partial charge in [-0.25, -0.2) is 0 Å². The fourth-order valence-electron chi connectivity index (χ4n) is 4.00. The Hall–Kier alpha value is -2.89. The Morgan fingerprint density at radius 1 is 0.893 bits per heavy atom. The zero-order valence-corrected chi connectivity index (χ0v) is 15.7. The molecule has 0 N–H and O–H groups in total. The van der Waals surface area contributed by atoms with E-state index >= 15 is 0 Å². The Kier molecular flexibility index (Phi) is 4.47. The minimum Gasteiger partial charge on any atom is -0.486 e. The van der Waals surface area contributed by atoms with Crippen LogP contribution in [0.1, 0.15) is 29.5 Å². The van der Waals surface area contributed by atoms with Crippen LogP contribution in [0.15, 0.2) is 30.3 Å². The van der Waals surface area contributed by atoms with Crippen LogP contribution in [0.25, 0.3) is 0 Å². The molecule has 6 heteroatoms. The summed E-state index contributed by atoms with van der Waals surface area (Å²) in [7, 11) is 0. The normalized spacial score (nSPS) is 16.6. The predicted octanol–water partition coefficient (Wildman–Crippen LogP) is 3.09. The van der Waals surface area contributed by atoms with Crippen molar-refractivity contribution in [3.63, 3.8) is 0 Å². The second-order valence-corrected chi connectivity index (χ2v) is 7.37. The van der Waals surface area contributed by atoms with Gasteiger partial charge in [-0.15, -0.1) is 0 Å². The van der Waals surface area contributed by atoms with Crippen molar-refractivity contribution < 1.29 is 23.7 Å². The summed E-state index contributed by atoms with van der Waals surface area (Å²) in [6, 6.07) is 10.1. The quantitative estimate of drug-likeness (QED) is 0.815. The standard InChI is InChI=1S/C22H23NO5/c24-22(3-1-2-15-4-5-18-19(10-15)26-9-8-25-18)23-7-6-16-11-20-21(28-14-27-20)12-17(16)13-23/h4-5,10-12H,1-3,6-9,13-14H2. The summed E-state index contributed by atoms with van der Waals surface area (Å²) in [6.07, 6.45) is 3.09. The highest BCUT2D eigenvalue weighted by atomic mass is 16.7. The van der Waals surface area contributed by atoms with Crippen molar-refractivity contribution >= 4 is 5.91 Å². The van der Waals surface area contributed by atoms with E-state index in [1.807, 2.05) is 23.1 Å². The van der Waals surface area contributed by atoms with Crippen LogP contribution in [0, 0.1) is 0 Å². The number of hydrogen-bond acceptors (Lipinski definition) is 5. The summed E-state index contributed by atoms with van der Waals surface area (Å²) in [6.45, 7) is 2.87. The molecule has 0 saturated heterocycles. The molecule has 1 amide bonds. The molecule has 0 atom stereocenters. The summed E-state index contributed by atoms with van der Waals surface area (Å²) in [4.78, 5) is 14.6. The second-order valence-electron chi connectivity index (χ2n) is 7.37. The van der Waals surface area contributed by atoms with Gasteiger partial charge in [0, 0.05) is 19.5 Å². The van der Waals surface area contributed by atoms with Crippen LogP contribution in [0.4, 0.5) is 0 Å². The summed E-state index contributed by atoms with van der Waals surface area (Å²) in [5, 5.41) is 0. The number of rotatable bonds is 4. The van der Waals surface area contributed by atoms with E-state index in [4.69, 9.17) is 18.9 Å². The first-order valence-corrected chi connectivity index (χ1v) is 9.84. The lowest BCUT2D eigenvalue weighted by Gasteiger charge is -2.29. The Morgan fingerprint density at radius 2 is 1.64 bits per heavy atom. The number of amides is 1. The molecule has 0 unspecified atom stereocenters. The highest BCUT2D eigenvalue weighted by molar-refractivity contribution is 5.76. The van der Waals surface area contributed by atoms with Crippen LogP contribution >= 0.6 is 0 Å². The fourth-order valence-corrected chi connectivity index (χ4v) is 4.00. The van der Waals surface area contributed by atoms with Gasteiger partial charge >= 0.3 is 0 Å². The number of ether oxygens (including phenoxy) is 4. The van der Waals surface area contributed by atoms with Crippen LogP contribution in [-0.4, -0.2) is 37.4 Å². The molecule has 0 bridgehead atoms. The van der Waals surface area contributed by atoms with Gasteiger partial charge in [-0.1, -0.05) is 6.07 Å². The Balaban J connectivity index is 1.17. The number of nitrogens with zero attached hydrogens (tertiary/aromatic N) is 1. The lowest BCUT2D eigenvalue weighted by molar-refractivity contribution is -0.132. The Labute approximate surface area is 163 Å². The van der Waals surface area contributed by atoms with E-state index in [0.29, 0.717) is 26.2 Å². The third kappa shape index (κ3) is 3.35. The van der Waals surface area contributed by atoms with Crippen molar-refractivity contribution in [1.29, 1.82) is 0 Å². The topological polar surface area (TPSA) is 57.2 Å². The number of carbonyl (C=O) groups excluding carboxylic acids is 1. The Bertz CT molecular complexity index is 910. The molecular weight excluding hydrogens is 358 g/mol. The molecule has 6 nitrogen and oxygen atoms in total. The molecule has 0 aromatic heterocycles. The van der Waals surface area contributed by atoms with E-state index in [-0.39, 0.29) is 12.7 Å². The molecule has 2 aromatic rings. The van der Waals surface area contributed by atoms with Crippen molar-refractivity contribution in [3.05, 3.63) is 47.0 Å². The molecule has 0 saturated carbocycles. The molecule has 0 radical (unpaired) electrons. The van der Waals surface area contributed by atoms with Crippen LogP contribution in [-0.2, 0) is 24.2 Å². The van der Waals surface area contributed by atoms with Crippen LogP contribution in [0.3, 0.4) is 0 Å². The number of fused-ring (bicyclic) bond motifs is 3. The highest BCUT2D eigenvalue weighted by Crippen LogP contribution is 2.37. The van der Waals surface area contributed by atoms with Crippen LogP contribution in [0.2, 0.25) is 0 Å². The number of carbonyl (C=O) groups is 1. The molecule has 5 rings (SSSR count). The second kappa shape index (κ2) is 7.26. The van der Waals surface area contributed by atoms with Gasteiger partial charge in [0.2, 0.25) is 12.7 Å². The van der Waals surface area contributed by atoms with E-state index < -0.39 is 0 Å². The SMILES string of the molecule is O=C(CCCc1ccc2c(c1)OCCO2)N1CCc2cc3c(cc2C1)OCO3. The first kappa shape index (κ1) is 17.2. The summed E-state index contributed by atoms with van der Waals surface area (Å²) >= 11 is 0. The molecule has 28 heavy (non-hydrogen) atoms. The van der Waals surface area contributed by atoms with Gasteiger partial charge in [0.15, 0.2) is 23.0 Å². The maximum atomic E-state index is 12.7. The number of aryl methyl sites for hydroxylation is 1.